The Morgan fingerprint density at radius 2 is 2.23 bits per heavy atom. The second-order valence-corrected chi connectivity index (χ2v) is 9.04. The van der Waals surface area contributed by atoms with Gasteiger partial charge in [0.1, 0.15) is 11.3 Å². The number of aromatic nitrogens is 5. The molecular weight excluding hydrogens is 396 g/mol. The van der Waals surface area contributed by atoms with E-state index in [1.807, 2.05) is 46.8 Å². The van der Waals surface area contributed by atoms with Gasteiger partial charge in [-0.3, -0.25) is 9.89 Å². The zero-order valence-electron chi connectivity index (χ0n) is 17.1. The zero-order valence-corrected chi connectivity index (χ0v) is 17.9. The average molecular weight is 421 g/mol. The lowest BCUT2D eigenvalue weighted by Crippen LogP contribution is -2.29. The fourth-order valence-corrected chi connectivity index (χ4v) is 4.95. The first-order valence-corrected chi connectivity index (χ1v) is 11.2. The minimum Gasteiger partial charge on any atom is -0.337 e. The van der Waals surface area contributed by atoms with Crippen molar-refractivity contribution in [2.75, 3.05) is 13.1 Å². The van der Waals surface area contributed by atoms with Crippen LogP contribution in [0.3, 0.4) is 0 Å². The quantitative estimate of drug-likeness (QED) is 0.526. The molecule has 1 amide bonds. The molecule has 0 radical (unpaired) electrons. The van der Waals surface area contributed by atoms with Crippen molar-refractivity contribution < 1.29 is 4.79 Å². The van der Waals surface area contributed by atoms with Gasteiger partial charge in [-0.05, 0) is 55.8 Å². The lowest BCUT2D eigenvalue weighted by Gasteiger charge is -2.16. The molecule has 0 unspecified atom stereocenters. The van der Waals surface area contributed by atoms with E-state index in [-0.39, 0.29) is 5.91 Å². The van der Waals surface area contributed by atoms with E-state index in [1.54, 1.807) is 11.3 Å². The van der Waals surface area contributed by atoms with Crippen molar-refractivity contribution in [3.63, 3.8) is 0 Å². The van der Waals surface area contributed by atoms with Gasteiger partial charge in [0.2, 0.25) is 0 Å². The van der Waals surface area contributed by atoms with Crippen LogP contribution in [0.5, 0.6) is 0 Å². The second-order valence-electron chi connectivity index (χ2n) is 8.09. The van der Waals surface area contributed by atoms with Gasteiger partial charge >= 0.3 is 0 Å². The van der Waals surface area contributed by atoms with Crippen LogP contribution in [0.4, 0.5) is 0 Å². The highest BCUT2D eigenvalue weighted by Crippen LogP contribution is 2.27. The third-order valence-electron chi connectivity index (χ3n) is 5.67. The number of fused-ring (bicyclic) bond motifs is 1. The predicted octanol–water partition coefficient (Wildman–Crippen LogP) is 4.17. The van der Waals surface area contributed by atoms with Crippen LogP contribution >= 0.6 is 11.3 Å². The van der Waals surface area contributed by atoms with Gasteiger partial charge in [-0.1, -0.05) is 6.07 Å². The number of hydrogen-bond donors (Lipinski definition) is 1. The molecule has 0 bridgehead atoms. The number of imidazole rings is 1. The van der Waals surface area contributed by atoms with Crippen LogP contribution in [0.25, 0.3) is 21.7 Å². The summed E-state index contributed by atoms with van der Waals surface area (Å²) in [4.78, 5) is 25.3. The fourth-order valence-electron chi connectivity index (χ4n) is 4.26. The first-order valence-electron chi connectivity index (χ1n) is 10.3. The summed E-state index contributed by atoms with van der Waals surface area (Å²) >= 11 is 1.63. The molecule has 0 aliphatic carbocycles. The number of H-pyrrole nitrogens is 1. The Morgan fingerprint density at radius 1 is 1.33 bits per heavy atom. The summed E-state index contributed by atoms with van der Waals surface area (Å²) in [6.07, 6.45) is 3.64. The summed E-state index contributed by atoms with van der Waals surface area (Å²) in [5.41, 5.74) is 3.25. The molecule has 5 rings (SSSR count). The number of aromatic amines is 1. The first kappa shape index (κ1) is 19.0. The number of nitrogens with one attached hydrogen (secondary N) is 1. The molecule has 1 aliphatic heterocycles. The molecule has 5 heterocycles. The number of pyridine rings is 1. The van der Waals surface area contributed by atoms with Crippen LogP contribution in [0.15, 0.2) is 41.9 Å². The second kappa shape index (κ2) is 7.68. The van der Waals surface area contributed by atoms with Gasteiger partial charge in [0, 0.05) is 31.7 Å². The standard InChI is InChI=1S/C22H24N6OS/c1-14(2)28-20(24-16-5-3-8-23-21(16)28)11-15-7-9-27(13-15)22(29)18-12-17(25-26-18)19-6-4-10-30-19/h3-6,8,10,12,14-15H,7,9,11,13H2,1-2H3,(H,25,26)/t15-/m1/s1. The monoisotopic (exact) mass is 420 g/mol. The van der Waals surface area contributed by atoms with Crippen molar-refractivity contribution in [3.05, 3.63) is 53.4 Å². The molecule has 4 aromatic heterocycles. The molecule has 1 N–H and O–H groups in total. The van der Waals surface area contributed by atoms with Crippen molar-refractivity contribution in [2.45, 2.75) is 32.7 Å². The summed E-state index contributed by atoms with van der Waals surface area (Å²) in [6.45, 7) is 5.80. The third kappa shape index (κ3) is 3.41. The Labute approximate surface area is 178 Å². The van der Waals surface area contributed by atoms with Gasteiger partial charge < -0.3 is 9.47 Å². The van der Waals surface area contributed by atoms with E-state index in [2.05, 4.69) is 33.6 Å². The Morgan fingerprint density at radius 3 is 3.03 bits per heavy atom. The van der Waals surface area contributed by atoms with Gasteiger partial charge in [-0.2, -0.15) is 5.10 Å². The summed E-state index contributed by atoms with van der Waals surface area (Å²) in [7, 11) is 0. The molecule has 4 aromatic rings. The summed E-state index contributed by atoms with van der Waals surface area (Å²) < 4.78 is 2.22. The molecule has 1 atom stereocenters. The Bertz CT molecular complexity index is 1180. The first-order chi connectivity index (χ1) is 14.6. The van der Waals surface area contributed by atoms with E-state index in [4.69, 9.17) is 4.98 Å². The van der Waals surface area contributed by atoms with Crippen LogP contribution in [0, 0.1) is 5.92 Å². The fraction of sp³-hybridized carbons (Fsp3) is 0.364. The smallest absolute Gasteiger partial charge is 0.274 e. The number of likely N-dealkylation sites (tertiary alicyclic amines) is 1. The molecule has 8 heteroatoms. The molecule has 7 nitrogen and oxygen atoms in total. The molecular formula is C22H24N6OS. The maximum absolute atomic E-state index is 13.0. The maximum Gasteiger partial charge on any atom is 0.274 e. The average Bonchev–Trinajstić information content (AvgIpc) is 3.52. The summed E-state index contributed by atoms with van der Waals surface area (Å²) in [5.74, 6) is 1.44. The van der Waals surface area contributed by atoms with E-state index < -0.39 is 0 Å². The van der Waals surface area contributed by atoms with Crippen LogP contribution in [0.1, 0.15) is 42.6 Å². The number of carbonyl (C=O) groups is 1. The minimum absolute atomic E-state index is 0.00409. The molecule has 1 saturated heterocycles. The zero-order chi connectivity index (χ0) is 20.7. The van der Waals surface area contributed by atoms with Crippen molar-refractivity contribution >= 4 is 28.4 Å². The van der Waals surface area contributed by atoms with Gasteiger partial charge in [-0.25, -0.2) is 9.97 Å². The molecule has 30 heavy (non-hydrogen) atoms. The third-order valence-corrected chi connectivity index (χ3v) is 6.57. The normalized spacial score (nSPS) is 16.8. The van der Waals surface area contributed by atoms with Crippen LogP contribution in [0.2, 0.25) is 0 Å². The van der Waals surface area contributed by atoms with Crippen LogP contribution in [-0.4, -0.2) is 48.6 Å². The van der Waals surface area contributed by atoms with Gasteiger partial charge in [-0.15, -0.1) is 11.3 Å². The lowest BCUT2D eigenvalue weighted by atomic mass is 10.0. The van der Waals surface area contributed by atoms with E-state index in [9.17, 15) is 4.79 Å². The van der Waals surface area contributed by atoms with Gasteiger partial charge in [0.05, 0.1) is 10.6 Å². The molecule has 1 fully saturated rings. The highest BCUT2D eigenvalue weighted by atomic mass is 32.1. The SMILES string of the molecule is CC(C)n1c(C[C@H]2CCN(C(=O)c3cc(-c4cccs4)[nH]n3)C2)nc2cccnc21. The van der Waals surface area contributed by atoms with Crippen LogP contribution < -0.4 is 0 Å². The highest BCUT2D eigenvalue weighted by molar-refractivity contribution is 7.13. The topological polar surface area (TPSA) is 79.7 Å². The molecule has 1 aliphatic rings. The van der Waals surface area contributed by atoms with Crippen molar-refractivity contribution in [1.82, 2.24) is 29.6 Å². The van der Waals surface area contributed by atoms with E-state index >= 15 is 0 Å². The maximum atomic E-state index is 13.0. The lowest BCUT2D eigenvalue weighted by molar-refractivity contribution is 0.0781. The summed E-state index contributed by atoms with van der Waals surface area (Å²) in [5, 5.41) is 9.27. The van der Waals surface area contributed by atoms with Crippen molar-refractivity contribution in [3.8, 4) is 10.6 Å². The molecule has 0 aromatic carbocycles. The van der Waals surface area contributed by atoms with Gasteiger partial charge in [0.25, 0.3) is 5.91 Å². The van der Waals surface area contributed by atoms with E-state index in [0.29, 0.717) is 17.7 Å². The Hall–Kier alpha value is -3.00. The van der Waals surface area contributed by atoms with E-state index in [1.165, 1.54) is 0 Å². The Kier molecular flexibility index (Phi) is 4.86. The van der Waals surface area contributed by atoms with Crippen molar-refractivity contribution in [1.29, 1.82) is 0 Å². The van der Waals surface area contributed by atoms with E-state index in [0.717, 1.165) is 53.5 Å². The number of amides is 1. The Balaban J connectivity index is 1.30. The predicted molar refractivity (Wildman–Crippen MR) is 118 cm³/mol. The highest BCUT2D eigenvalue weighted by Gasteiger charge is 2.30. The minimum atomic E-state index is -0.00409. The number of nitrogens with zero attached hydrogens (tertiary/aromatic N) is 5. The number of rotatable bonds is 5. The largest absolute Gasteiger partial charge is 0.337 e. The van der Waals surface area contributed by atoms with Gasteiger partial charge in [0.15, 0.2) is 11.3 Å². The molecule has 154 valence electrons. The van der Waals surface area contributed by atoms with Crippen LogP contribution in [-0.2, 0) is 6.42 Å². The number of carbonyl (C=O) groups excluding carboxylic acids is 1. The summed E-state index contributed by atoms with van der Waals surface area (Å²) in [6, 6.07) is 10.1. The van der Waals surface area contributed by atoms with Crippen molar-refractivity contribution in [2.24, 2.45) is 5.92 Å². The molecule has 0 spiro atoms. The number of hydrogen-bond acceptors (Lipinski definition) is 5. The molecule has 0 saturated carbocycles. The number of thiophene rings is 1.